The molecule has 2 N–H and O–H groups in total. The molecule has 140 valence electrons. The summed E-state index contributed by atoms with van der Waals surface area (Å²) in [6, 6.07) is 8.28. The van der Waals surface area contributed by atoms with Crippen molar-refractivity contribution in [2.75, 3.05) is 32.7 Å². The number of hydrogen-bond acceptors (Lipinski definition) is 3. The Kier molecular flexibility index (Phi) is 4.74. The average Bonchev–Trinajstić information content (AvgIpc) is 3.06. The van der Waals surface area contributed by atoms with Crippen molar-refractivity contribution in [2.45, 2.75) is 57.2 Å². The van der Waals surface area contributed by atoms with E-state index >= 15 is 0 Å². The third-order valence-corrected chi connectivity index (χ3v) is 6.91. The molecule has 1 aliphatic carbocycles. The summed E-state index contributed by atoms with van der Waals surface area (Å²) in [6.07, 6.45) is 10.5. The van der Waals surface area contributed by atoms with Gasteiger partial charge in [-0.25, -0.2) is 0 Å². The molecule has 1 aromatic heterocycles. The summed E-state index contributed by atoms with van der Waals surface area (Å²) in [5, 5.41) is 5.14. The van der Waals surface area contributed by atoms with Crippen molar-refractivity contribution in [2.24, 2.45) is 0 Å². The van der Waals surface area contributed by atoms with E-state index in [0.717, 1.165) is 19.1 Å². The maximum atomic E-state index is 3.71. The maximum Gasteiger partial charge on any atom is 0.0505 e. The molecule has 2 aromatic rings. The second kappa shape index (κ2) is 7.34. The van der Waals surface area contributed by atoms with Crippen molar-refractivity contribution in [3.8, 4) is 0 Å². The number of piperidine rings is 1. The van der Waals surface area contributed by atoms with Gasteiger partial charge in [0, 0.05) is 56.4 Å². The van der Waals surface area contributed by atoms with E-state index in [1.54, 1.807) is 0 Å². The average molecular weight is 353 g/mol. The Balaban J connectivity index is 1.29. The number of fused-ring (bicyclic) bond motifs is 1. The van der Waals surface area contributed by atoms with Crippen molar-refractivity contribution >= 4 is 10.9 Å². The zero-order valence-corrected chi connectivity index (χ0v) is 15.8. The first-order valence-corrected chi connectivity index (χ1v) is 10.7. The lowest BCUT2D eigenvalue weighted by Gasteiger charge is -2.43. The number of piperazine rings is 1. The molecule has 0 radical (unpaired) electrons. The van der Waals surface area contributed by atoms with E-state index in [1.165, 1.54) is 86.7 Å². The fourth-order valence-electron chi connectivity index (χ4n) is 5.05. The van der Waals surface area contributed by atoms with Crippen LogP contribution in [0.1, 0.15) is 55.7 Å². The smallest absolute Gasteiger partial charge is 0.0505 e. The van der Waals surface area contributed by atoms with Crippen molar-refractivity contribution in [1.29, 1.82) is 0 Å². The molecular weight excluding hydrogens is 320 g/mol. The number of aromatic nitrogens is 1. The molecule has 5 rings (SSSR count). The Morgan fingerprint density at radius 1 is 0.962 bits per heavy atom. The van der Waals surface area contributed by atoms with Gasteiger partial charge < -0.3 is 10.3 Å². The number of rotatable bonds is 4. The lowest BCUT2D eigenvalue weighted by Crippen LogP contribution is -2.51. The van der Waals surface area contributed by atoms with Crippen LogP contribution in [-0.2, 0) is 6.54 Å². The number of hydrogen-bond donors (Lipinski definition) is 2. The lowest BCUT2D eigenvalue weighted by molar-refractivity contribution is 0.0589. The van der Waals surface area contributed by atoms with E-state index in [-0.39, 0.29) is 0 Å². The van der Waals surface area contributed by atoms with Crippen molar-refractivity contribution < 1.29 is 0 Å². The highest BCUT2D eigenvalue weighted by Gasteiger charge is 2.28. The summed E-state index contributed by atoms with van der Waals surface area (Å²) < 4.78 is 0. The summed E-state index contributed by atoms with van der Waals surface area (Å²) >= 11 is 0. The molecule has 2 saturated heterocycles. The van der Waals surface area contributed by atoms with E-state index in [1.807, 2.05) is 0 Å². The van der Waals surface area contributed by atoms with Gasteiger partial charge in [-0.2, -0.15) is 0 Å². The van der Waals surface area contributed by atoms with Crippen LogP contribution in [0.25, 0.3) is 10.9 Å². The van der Waals surface area contributed by atoms with Gasteiger partial charge in [0.05, 0.1) is 5.52 Å². The maximum absolute atomic E-state index is 3.71. The molecule has 0 bridgehead atoms. The molecule has 1 atom stereocenters. The molecule has 0 spiro atoms. The summed E-state index contributed by atoms with van der Waals surface area (Å²) in [7, 11) is 0. The zero-order valence-electron chi connectivity index (χ0n) is 15.8. The summed E-state index contributed by atoms with van der Waals surface area (Å²) in [5.41, 5.74) is 4.29. The van der Waals surface area contributed by atoms with Gasteiger partial charge in [0.2, 0.25) is 0 Å². The van der Waals surface area contributed by atoms with E-state index in [0.29, 0.717) is 6.04 Å². The topological polar surface area (TPSA) is 34.3 Å². The van der Waals surface area contributed by atoms with Gasteiger partial charge in [0.15, 0.2) is 0 Å². The molecule has 3 fully saturated rings. The first-order valence-electron chi connectivity index (χ1n) is 10.7. The third-order valence-electron chi connectivity index (χ3n) is 6.91. The molecule has 2 aliphatic heterocycles. The van der Waals surface area contributed by atoms with Crippen LogP contribution in [0.3, 0.4) is 0 Å². The van der Waals surface area contributed by atoms with Crippen molar-refractivity contribution in [3.05, 3.63) is 35.5 Å². The van der Waals surface area contributed by atoms with Crippen LogP contribution in [0, 0.1) is 0 Å². The zero-order chi connectivity index (χ0) is 17.3. The molecule has 4 nitrogen and oxygen atoms in total. The van der Waals surface area contributed by atoms with Gasteiger partial charge >= 0.3 is 0 Å². The van der Waals surface area contributed by atoms with Gasteiger partial charge in [-0.05, 0) is 43.4 Å². The Bertz CT molecular complexity index is 734. The van der Waals surface area contributed by atoms with Gasteiger partial charge in [0.1, 0.15) is 0 Å². The van der Waals surface area contributed by atoms with Crippen molar-refractivity contribution in [1.82, 2.24) is 20.1 Å². The first kappa shape index (κ1) is 16.8. The van der Waals surface area contributed by atoms with Crippen LogP contribution in [0.4, 0.5) is 0 Å². The minimum absolute atomic E-state index is 0.518. The molecule has 26 heavy (non-hydrogen) atoms. The fourth-order valence-corrected chi connectivity index (χ4v) is 5.05. The van der Waals surface area contributed by atoms with Crippen LogP contribution in [-0.4, -0.2) is 53.5 Å². The number of aromatic amines is 1. The molecule has 0 amide bonds. The molecule has 1 aromatic carbocycles. The first-order chi connectivity index (χ1) is 12.9. The minimum atomic E-state index is 0.518. The summed E-state index contributed by atoms with van der Waals surface area (Å²) in [6.45, 7) is 7.18. The fraction of sp³-hybridized carbons (Fsp3) is 0.636. The van der Waals surface area contributed by atoms with Gasteiger partial charge in [0.25, 0.3) is 0 Å². The monoisotopic (exact) mass is 352 g/mol. The van der Waals surface area contributed by atoms with Crippen LogP contribution in [0.5, 0.6) is 0 Å². The quantitative estimate of drug-likeness (QED) is 0.881. The van der Waals surface area contributed by atoms with E-state index in [2.05, 4.69) is 44.5 Å². The Labute approximate surface area is 156 Å². The highest BCUT2D eigenvalue weighted by molar-refractivity contribution is 5.86. The predicted molar refractivity (Wildman–Crippen MR) is 107 cm³/mol. The van der Waals surface area contributed by atoms with E-state index < -0.39 is 0 Å². The molecule has 1 unspecified atom stereocenters. The van der Waals surface area contributed by atoms with Crippen LogP contribution >= 0.6 is 0 Å². The third kappa shape index (κ3) is 3.19. The number of nitrogens with zero attached hydrogens (tertiary/aromatic N) is 2. The normalized spacial score (nSPS) is 26.2. The Hall–Kier alpha value is -1.36. The number of para-hydroxylation sites is 1. The van der Waals surface area contributed by atoms with Gasteiger partial charge in [-0.15, -0.1) is 0 Å². The Morgan fingerprint density at radius 2 is 1.85 bits per heavy atom. The minimum Gasteiger partial charge on any atom is -0.361 e. The lowest BCUT2D eigenvalue weighted by atomic mass is 9.91. The second-order valence-electron chi connectivity index (χ2n) is 8.48. The second-order valence-corrected chi connectivity index (χ2v) is 8.48. The van der Waals surface area contributed by atoms with Crippen molar-refractivity contribution in [3.63, 3.8) is 0 Å². The van der Waals surface area contributed by atoms with Crippen LogP contribution in [0.2, 0.25) is 0 Å². The predicted octanol–water partition coefficient (Wildman–Crippen LogP) is 3.65. The molecule has 4 heteroatoms. The van der Waals surface area contributed by atoms with Crippen LogP contribution < -0.4 is 5.32 Å². The summed E-state index contributed by atoms with van der Waals surface area (Å²) in [5.74, 6) is 0. The standard InChI is InChI=1S/C22H32N4/c1-2-10-23-21(9-1)20-8-4-7-19-17(15-24-22(19)20)16-25-11-13-26(14-12-25)18-5-3-6-18/h4,7-8,15,18,21,23-24H,1-3,5-6,9-14,16H2. The van der Waals surface area contributed by atoms with Gasteiger partial charge in [-0.1, -0.05) is 31.0 Å². The number of nitrogens with one attached hydrogen (secondary N) is 2. The largest absolute Gasteiger partial charge is 0.361 e. The SMILES string of the molecule is c1cc(C2CCCCN2)c2[nH]cc(CN3CCN(C4CCC4)CC3)c2c1. The van der Waals surface area contributed by atoms with E-state index in [9.17, 15) is 0 Å². The Morgan fingerprint density at radius 3 is 2.58 bits per heavy atom. The highest BCUT2D eigenvalue weighted by Crippen LogP contribution is 2.31. The number of benzene rings is 1. The highest BCUT2D eigenvalue weighted by atomic mass is 15.3. The molecule has 3 heterocycles. The molecule has 1 saturated carbocycles. The van der Waals surface area contributed by atoms with E-state index in [4.69, 9.17) is 0 Å². The summed E-state index contributed by atoms with van der Waals surface area (Å²) in [4.78, 5) is 8.98. The van der Waals surface area contributed by atoms with Gasteiger partial charge in [-0.3, -0.25) is 9.80 Å². The number of H-pyrrole nitrogens is 1. The van der Waals surface area contributed by atoms with Crippen LogP contribution in [0.15, 0.2) is 24.4 Å². The molecule has 3 aliphatic rings. The molecular formula is C22H32N4.